The molecule has 0 radical (unpaired) electrons. The molecule has 0 spiro atoms. The van der Waals surface area contributed by atoms with E-state index in [0.717, 1.165) is 16.8 Å². The molecule has 1 aliphatic heterocycles. The lowest BCUT2D eigenvalue weighted by molar-refractivity contribution is -0.130. The molecule has 6 nitrogen and oxygen atoms in total. The molecule has 0 unspecified atom stereocenters. The number of nitrogens with zero attached hydrogens (tertiary/aromatic N) is 3. The smallest absolute Gasteiger partial charge is 0.261 e. The monoisotopic (exact) mass is 393 g/mol. The number of fused-ring (bicyclic) bond motifs is 1. The number of amides is 3. The summed E-state index contributed by atoms with van der Waals surface area (Å²) in [5.41, 5.74) is 4.02. The highest BCUT2D eigenvalue weighted by Gasteiger charge is 2.35. The predicted molar refractivity (Wildman–Crippen MR) is 113 cm³/mol. The SMILES string of the molecule is Cc1ccc2c(c1)C(=O)N(CCCC(=O)N(C)Cc1ccc(N(C)C)cc1)C2=O. The number of hydrogen-bond acceptors (Lipinski definition) is 4. The number of carbonyl (C=O) groups excluding carboxylic acids is 3. The van der Waals surface area contributed by atoms with Crippen LogP contribution in [-0.2, 0) is 11.3 Å². The molecule has 3 rings (SSSR count). The Balaban J connectivity index is 1.51. The molecule has 1 heterocycles. The molecule has 0 atom stereocenters. The minimum atomic E-state index is -0.271. The number of benzene rings is 2. The van der Waals surface area contributed by atoms with Crippen LogP contribution in [-0.4, -0.2) is 55.2 Å². The van der Waals surface area contributed by atoms with Gasteiger partial charge in [0.05, 0.1) is 11.1 Å². The molecule has 3 amide bonds. The fraction of sp³-hybridized carbons (Fsp3) is 0.348. The van der Waals surface area contributed by atoms with Gasteiger partial charge in [-0.15, -0.1) is 0 Å². The van der Waals surface area contributed by atoms with Crippen LogP contribution < -0.4 is 4.90 Å². The molecule has 2 aromatic carbocycles. The Kier molecular flexibility index (Phi) is 6.01. The first-order chi connectivity index (χ1) is 13.8. The van der Waals surface area contributed by atoms with Gasteiger partial charge in [0.15, 0.2) is 0 Å². The predicted octanol–water partition coefficient (Wildman–Crippen LogP) is 3.10. The zero-order chi connectivity index (χ0) is 21.1. The molecule has 2 aromatic rings. The molecule has 0 N–H and O–H groups in total. The molecule has 0 aromatic heterocycles. The summed E-state index contributed by atoms with van der Waals surface area (Å²) in [7, 11) is 5.74. The van der Waals surface area contributed by atoms with Gasteiger partial charge in [0.25, 0.3) is 11.8 Å². The van der Waals surface area contributed by atoms with Crippen molar-refractivity contribution in [3.8, 4) is 0 Å². The Hall–Kier alpha value is -3.15. The Morgan fingerprint density at radius 3 is 2.24 bits per heavy atom. The lowest BCUT2D eigenvalue weighted by Gasteiger charge is -2.19. The maximum absolute atomic E-state index is 12.5. The molecule has 152 valence electrons. The van der Waals surface area contributed by atoms with E-state index in [1.807, 2.05) is 56.3 Å². The van der Waals surface area contributed by atoms with Crippen molar-refractivity contribution < 1.29 is 14.4 Å². The maximum atomic E-state index is 12.5. The highest BCUT2D eigenvalue weighted by Crippen LogP contribution is 2.24. The number of aryl methyl sites for hydroxylation is 1. The number of carbonyl (C=O) groups is 3. The number of rotatable bonds is 7. The third-order valence-electron chi connectivity index (χ3n) is 5.20. The average molecular weight is 393 g/mol. The van der Waals surface area contributed by atoms with E-state index in [1.54, 1.807) is 24.1 Å². The van der Waals surface area contributed by atoms with Crippen LogP contribution in [0.3, 0.4) is 0 Å². The Morgan fingerprint density at radius 2 is 1.59 bits per heavy atom. The van der Waals surface area contributed by atoms with E-state index in [0.29, 0.717) is 30.5 Å². The second-order valence-electron chi connectivity index (χ2n) is 7.73. The summed E-state index contributed by atoms with van der Waals surface area (Å²) in [5.74, 6) is -0.545. The summed E-state index contributed by atoms with van der Waals surface area (Å²) >= 11 is 0. The second kappa shape index (κ2) is 8.47. The molecule has 0 saturated heterocycles. The van der Waals surface area contributed by atoms with Crippen molar-refractivity contribution >= 4 is 23.4 Å². The van der Waals surface area contributed by atoms with Crippen LogP contribution in [0.15, 0.2) is 42.5 Å². The Labute approximate surface area is 171 Å². The van der Waals surface area contributed by atoms with Gasteiger partial charge in [0.1, 0.15) is 0 Å². The van der Waals surface area contributed by atoms with Gasteiger partial charge >= 0.3 is 0 Å². The first kappa shape index (κ1) is 20.6. The summed E-state index contributed by atoms with van der Waals surface area (Å²) in [6.45, 7) is 2.67. The molecule has 6 heteroatoms. The Bertz CT molecular complexity index is 935. The molecule has 0 saturated carbocycles. The van der Waals surface area contributed by atoms with Gasteiger partial charge in [-0.05, 0) is 43.2 Å². The van der Waals surface area contributed by atoms with Crippen molar-refractivity contribution in [3.63, 3.8) is 0 Å². The first-order valence-corrected chi connectivity index (χ1v) is 9.75. The summed E-state index contributed by atoms with van der Waals surface area (Å²) < 4.78 is 0. The highest BCUT2D eigenvalue weighted by molar-refractivity contribution is 6.21. The fourth-order valence-corrected chi connectivity index (χ4v) is 3.45. The van der Waals surface area contributed by atoms with Crippen molar-refractivity contribution in [1.82, 2.24) is 9.80 Å². The van der Waals surface area contributed by atoms with E-state index in [1.165, 1.54) is 4.90 Å². The van der Waals surface area contributed by atoms with Crippen LogP contribution in [0, 0.1) is 6.92 Å². The van der Waals surface area contributed by atoms with E-state index in [-0.39, 0.29) is 24.3 Å². The molecule has 0 aliphatic carbocycles. The average Bonchev–Trinajstić information content (AvgIpc) is 2.92. The van der Waals surface area contributed by atoms with Crippen LogP contribution in [0.1, 0.15) is 44.7 Å². The molecule has 29 heavy (non-hydrogen) atoms. The molecule has 1 aliphatic rings. The third-order valence-corrected chi connectivity index (χ3v) is 5.20. The number of hydrogen-bond donors (Lipinski definition) is 0. The van der Waals surface area contributed by atoms with Crippen molar-refractivity contribution in [2.45, 2.75) is 26.3 Å². The number of anilines is 1. The van der Waals surface area contributed by atoms with Crippen LogP contribution in [0.25, 0.3) is 0 Å². The van der Waals surface area contributed by atoms with Crippen LogP contribution in [0.4, 0.5) is 5.69 Å². The second-order valence-corrected chi connectivity index (χ2v) is 7.73. The van der Waals surface area contributed by atoms with E-state index >= 15 is 0 Å². The van der Waals surface area contributed by atoms with E-state index < -0.39 is 0 Å². The lowest BCUT2D eigenvalue weighted by atomic mass is 10.1. The van der Waals surface area contributed by atoms with Gasteiger partial charge in [0, 0.05) is 46.3 Å². The van der Waals surface area contributed by atoms with E-state index in [2.05, 4.69) is 0 Å². The summed E-state index contributed by atoms with van der Waals surface area (Å²) in [5, 5.41) is 0. The van der Waals surface area contributed by atoms with E-state index in [9.17, 15) is 14.4 Å². The van der Waals surface area contributed by atoms with Gasteiger partial charge in [-0.25, -0.2) is 0 Å². The van der Waals surface area contributed by atoms with Gasteiger partial charge in [-0.2, -0.15) is 0 Å². The minimum absolute atomic E-state index is 0.00543. The molecule has 0 bridgehead atoms. The summed E-state index contributed by atoms with van der Waals surface area (Å²) in [4.78, 5) is 42.3. The maximum Gasteiger partial charge on any atom is 0.261 e. The molecular weight excluding hydrogens is 366 g/mol. The molecular formula is C23H27N3O3. The highest BCUT2D eigenvalue weighted by atomic mass is 16.2. The van der Waals surface area contributed by atoms with Gasteiger partial charge in [0.2, 0.25) is 5.91 Å². The lowest BCUT2D eigenvalue weighted by Crippen LogP contribution is -2.32. The fourth-order valence-electron chi connectivity index (χ4n) is 3.45. The third kappa shape index (κ3) is 4.47. The zero-order valence-corrected chi connectivity index (χ0v) is 17.4. The number of imide groups is 1. The van der Waals surface area contributed by atoms with Crippen LogP contribution in [0.5, 0.6) is 0 Å². The van der Waals surface area contributed by atoms with Crippen LogP contribution >= 0.6 is 0 Å². The molecule has 0 fully saturated rings. The van der Waals surface area contributed by atoms with Gasteiger partial charge in [-0.3, -0.25) is 19.3 Å². The topological polar surface area (TPSA) is 60.9 Å². The van der Waals surface area contributed by atoms with Gasteiger partial charge in [-0.1, -0.05) is 23.8 Å². The van der Waals surface area contributed by atoms with Crippen molar-refractivity contribution in [2.75, 3.05) is 32.6 Å². The van der Waals surface area contributed by atoms with Crippen molar-refractivity contribution in [3.05, 3.63) is 64.7 Å². The zero-order valence-electron chi connectivity index (χ0n) is 17.4. The quantitative estimate of drug-likeness (QED) is 0.678. The largest absolute Gasteiger partial charge is 0.378 e. The Morgan fingerprint density at radius 1 is 0.931 bits per heavy atom. The normalized spacial score (nSPS) is 12.9. The van der Waals surface area contributed by atoms with E-state index in [4.69, 9.17) is 0 Å². The standard InChI is InChI=1S/C23H27N3O3/c1-16-7-12-19-20(14-16)23(29)26(22(19)28)13-5-6-21(27)25(4)15-17-8-10-18(11-9-17)24(2)3/h7-12,14H,5-6,13,15H2,1-4H3. The first-order valence-electron chi connectivity index (χ1n) is 9.75. The van der Waals surface area contributed by atoms with Gasteiger partial charge < -0.3 is 9.80 Å². The van der Waals surface area contributed by atoms with Crippen molar-refractivity contribution in [1.29, 1.82) is 0 Å². The van der Waals surface area contributed by atoms with Crippen LogP contribution in [0.2, 0.25) is 0 Å². The van der Waals surface area contributed by atoms with Crippen molar-refractivity contribution in [2.24, 2.45) is 0 Å². The summed E-state index contributed by atoms with van der Waals surface area (Å²) in [6, 6.07) is 13.4. The summed E-state index contributed by atoms with van der Waals surface area (Å²) in [6.07, 6.45) is 0.742. The minimum Gasteiger partial charge on any atom is -0.378 e.